The normalized spacial score (nSPS) is 12.4. The Bertz CT molecular complexity index is 572. The monoisotopic (exact) mass is 306 g/mol. The maximum atomic E-state index is 12.7. The third-order valence-corrected chi connectivity index (χ3v) is 3.31. The molecule has 1 aromatic heterocycles. The SMILES string of the molecule is CCn1c(C)nc2cc(C(F)(F)F)c(Br)cc21. The molecule has 0 aliphatic heterocycles. The van der Waals surface area contributed by atoms with E-state index in [1.807, 2.05) is 11.5 Å². The molecule has 0 atom stereocenters. The first kappa shape index (κ1) is 12.4. The van der Waals surface area contributed by atoms with Crippen LogP contribution in [0.15, 0.2) is 16.6 Å². The molecular formula is C11H10BrF3N2. The van der Waals surface area contributed by atoms with Crippen molar-refractivity contribution in [1.29, 1.82) is 0 Å². The van der Waals surface area contributed by atoms with Gasteiger partial charge in [-0.25, -0.2) is 4.98 Å². The summed E-state index contributed by atoms with van der Waals surface area (Å²) in [6.45, 7) is 4.39. The topological polar surface area (TPSA) is 17.8 Å². The summed E-state index contributed by atoms with van der Waals surface area (Å²) in [6.07, 6.45) is -4.36. The lowest BCUT2D eigenvalue weighted by atomic mass is 10.2. The van der Waals surface area contributed by atoms with Gasteiger partial charge in [0.1, 0.15) is 5.82 Å². The fourth-order valence-electron chi connectivity index (χ4n) is 1.88. The van der Waals surface area contributed by atoms with E-state index >= 15 is 0 Å². The van der Waals surface area contributed by atoms with E-state index in [4.69, 9.17) is 0 Å². The number of hydrogen-bond donors (Lipinski definition) is 0. The minimum absolute atomic E-state index is 0.0482. The first-order chi connectivity index (χ1) is 7.84. The van der Waals surface area contributed by atoms with Crippen molar-refractivity contribution in [2.45, 2.75) is 26.6 Å². The van der Waals surface area contributed by atoms with Crippen LogP contribution >= 0.6 is 15.9 Å². The van der Waals surface area contributed by atoms with Gasteiger partial charge in [0, 0.05) is 11.0 Å². The summed E-state index contributed by atoms with van der Waals surface area (Å²) in [5.74, 6) is 0.716. The van der Waals surface area contributed by atoms with E-state index in [2.05, 4.69) is 20.9 Å². The van der Waals surface area contributed by atoms with Gasteiger partial charge >= 0.3 is 6.18 Å². The zero-order valence-corrected chi connectivity index (χ0v) is 10.9. The van der Waals surface area contributed by atoms with E-state index in [0.717, 1.165) is 6.07 Å². The maximum Gasteiger partial charge on any atom is 0.417 e. The number of fused-ring (bicyclic) bond motifs is 1. The van der Waals surface area contributed by atoms with Crippen LogP contribution in [-0.2, 0) is 12.7 Å². The van der Waals surface area contributed by atoms with Crippen LogP contribution in [0.4, 0.5) is 13.2 Å². The molecule has 0 radical (unpaired) electrons. The highest BCUT2D eigenvalue weighted by Crippen LogP contribution is 2.37. The van der Waals surface area contributed by atoms with Gasteiger partial charge in [0.2, 0.25) is 0 Å². The van der Waals surface area contributed by atoms with E-state index in [0.29, 0.717) is 23.4 Å². The molecular weight excluding hydrogens is 297 g/mol. The number of imidazole rings is 1. The van der Waals surface area contributed by atoms with Gasteiger partial charge in [-0.15, -0.1) is 0 Å². The molecule has 2 rings (SSSR count). The van der Waals surface area contributed by atoms with Crippen molar-refractivity contribution in [2.24, 2.45) is 0 Å². The molecule has 0 unspecified atom stereocenters. The molecule has 1 aromatic carbocycles. The Morgan fingerprint density at radius 1 is 1.35 bits per heavy atom. The van der Waals surface area contributed by atoms with Crippen molar-refractivity contribution in [3.05, 3.63) is 28.0 Å². The molecule has 1 heterocycles. The molecule has 0 fully saturated rings. The molecule has 6 heteroatoms. The standard InChI is InChI=1S/C11H10BrF3N2/c1-3-17-6(2)16-9-4-7(11(13,14)15)8(12)5-10(9)17/h4-5H,3H2,1-2H3. The summed E-state index contributed by atoms with van der Waals surface area (Å²) in [7, 11) is 0. The van der Waals surface area contributed by atoms with E-state index in [1.54, 1.807) is 6.92 Å². The Labute approximate surface area is 105 Å². The van der Waals surface area contributed by atoms with Crippen molar-refractivity contribution < 1.29 is 13.2 Å². The molecule has 0 N–H and O–H groups in total. The van der Waals surface area contributed by atoms with Crippen LogP contribution in [0, 0.1) is 6.92 Å². The lowest BCUT2D eigenvalue weighted by Gasteiger charge is -2.09. The second kappa shape index (κ2) is 4.01. The van der Waals surface area contributed by atoms with Crippen molar-refractivity contribution in [3.8, 4) is 0 Å². The third kappa shape index (κ3) is 2.06. The van der Waals surface area contributed by atoms with Crippen LogP contribution in [0.5, 0.6) is 0 Å². The van der Waals surface area contributed by atoms with Gasteiger partial charge in [0.15, 0.2) is 0 Å². The van der Waals surface area contributed by atoms with Gasteiger partial charge < -0.3 is 4.57 Å². The quantitative estimate of drug-likeness (QED) is 0.774. The predicted molar refractivity (Wildman–Crippen MR) is 62.8 cm³/mol. The average Bonchev–Trinajstić information content (AvgIpc) is 2.50. The van der Waals surface area contributed by atoms with Gasteiger partial charge in [-0.2, -0.15) is 13.2 Å². The highest BCUT2D eigenvalue weighted by Gasteiger charge is 2.33. The summed E-state index contributed by atoms with van der Waals surface area (Å²) in [6, 6.07) is 2.56. The van der Waals surface area contributed by atoms with Crippen molar-refractivity contribution in [2.75, 3.05) is 0 Å². The van der Waals surface area contributed by atoms with E-state index in [-0.39, 0.29) is 4.47 Å². The number of alkyl halides is 3. The molecule has 0 bridgehead atoms. The number of hydrogen-bond acceptors (Lipinski definition) is 1. The van der Waals surface area contributed by atoms with Gasteiger partial charge in [-0.3, -0.25) is 0 Å². The number of aromatic nitrogens is 2. The number of nitrogens with zero attached hydrogens (tertiary/aromatic N) is 2. The summed E-state index contributed by atoms with van der Waals surface area (Å²) in [4.78, 5) is 4.14. The molecule has 0 aliphatic carbocycles. The van der Waals surface area contributed by atoms with E-state index in [9.17, 15) is 13.2 Å². The number of halogens is 4. The highest BCUT2D eigenvalue weighted by molar-refractivity contribution is 9.10. The van der Waals surface area contributed by atoms with Crippen LogP contribution in [0.3, 0.4) is 0 Å². The lowest BCUT2D eigenvalue weighted by Crippen LogP contribution is -2.06. The van der Waals surface area contributed by atoms with E-state index < -0.39 is 11.7 Å². The Hall–Kier alpha value is -1.04. The van der Waals surface area contributed by atoms with Crippen molar-refractivity contribution >= 4 is 27.0 Å². The zero-order chi connectivity index (χ0) is 12.8. The Morgan fingerprint density at radius 2 is 2.00 bits per heavy atom. The maximum absolute atomic E-state index is 12.7. The molecule has 92 valence electrons. The summed E-state index contributed by atoms with van der Waals surface area (Å²) < 4.78 is 40.0. The van der Waals surface area contributed by atoms with Crippen LogP contribution < -0.4 is 0 Å². The molecule has 0 saturated carbocycles. The Balaban J connectivity index is 2.75. The first-order valence-electron chi connectivity index (χ1n) is 5.08. The number of benzene rings is 1. The second-order valence-electron chi connectivity index (χ2n) is 3.72. The minimum atomic E-state index is -4.36. The van der Waals surface area contributed by atoms with Crippen LogP contribution in [0.25, 0.3) is 11.0 Å². The highest BCUT2D eigenvalue weighted by atomic mass is 79.9. The van der Waals surface area contributed by atoms with Crippen molar-refractivity contribution in [1.82, 2.24) is 9.55 Å². The number of aryl methyl sites for hydroxylation is 2. The summed E-state index contributed by atoms with van der Waals surface area (Å²) in [5, 5.41) is 0. The van der Waals surface area contributed by atoms with Crippen LogP contribution in [0.1, 0.15) is 18.3 Å². The molecule has 0 amide bonds. The number of rotatable bonds is 1. The molecule has 2 nitrogen and oxygen atoms in total. The van der Waals surface area contributed by atoms with E-state index in [1.165, 1.54) is 6.07 Å². The zero-order valence-electron chi connectivity index (χ0n) is 9.27. The smallest absolute Gasteiger partial charge is 0.328 e. The fraction of sp³-hybridized carbons (Fsp3) is 0.364. The molecule has 2 aromatic rings. The molecule has 17 heavy (non-hydrogen) atoms. The average molecular weight is 307 g/mol. The van der Waals surface area contributed by atoms with Gasteiger partial charge in [-0.05, 0) is 26.0 Å². The van der Waals surface area contributed by atoms with Gasteiger partial charge in [0.05, 0.1) is 16.6 Å². The summed E-state index contributed by atoms with van der Waals surface area (Å²) >= 11 is 2.96. The largest absolute Gasteiger partial charge is 0.417 e. The van der Waals surface area contributed by atoms with Crippen molar-refractivity contribution in [3.63, 3.8) is 0 Å². The molecule has 0 aliphatic rings. The third-order valence-electron chi connectivity index (χ3n) is 2.65. The second-order valence-corrected chi connectivity index (χ2v) is 4.58. The molecule has 0 saturated heterocycles. The fourth-order valence-corrected chi connectivity index (χ4v) is 2.44. The van der Waals surface area contributed by atoms with Crippen LogP contribution in [0.2, 0.25) is 0 Å². The minimum Gasteiger partial charge on any atom is -0.328 e. The van der Waals surface area contributed by atoms with Gasteiger partial charge in [0.25, 0.3) is 0 Å². The Morgan fingerprint density at radius 3 is 2.53 bits per heavy atom. The predicted octanol–water partition coefficient (Wildman–Crippen LogP) is 4.15. The van der Waals surface area contributed by atoms with Gasteiger partial charge in [-0.1, -0.05) is 15.9 Å². The molecule has 0 spiro atoms. The summed E-state index contributed by atoms with van der Waals surface area (Å²) in [5.41, 5.74) is 0.399. The lowest BCUT2D eigenvalue weighted by molar-refractivity contribution is -0.138. The van der Waals surface area contributed by atoms with Crippen LogP contribution in [-0.4, -0.2) is 9.55 Å². The Kier molecular flexibility index (Phi) is 2.93. The first-order valence-corrected chi connectivity index (χ1v) is 5.87.